The average Bonchev–Trinajstić information content (AvgIpc) is 1.89. The molecule has 0 spiro atoms. The van der Waals surface area contributed by atoms with Crippen LogP contribution < -0.4 is 0 Å². The minimum Gasteiger partial charge on any atom is -0.0656 e. The molecule has 1 rings (SSSR count). The highest BCUT2D eigenvalue weighted by atomic mass is 14.4. The van der Waals surface area contributed by atoms with E-state index < -0.39 is 0 Å². The van der Waals surface area contributed by atoms with Gasteiger partial charge in [0.15, 0.2) is 0 Å². The zero-order chi connectivity index (χ0) is 8.91. The molecule has 0 bridgehead atoms. The minimum absolute atomic E-state index is 0.689. The van der Waals surface area contributed by atoms with Crippen LogP contribution >= 0.6 is 0 Å². The average molecular weight is 156 g/mol. The second kappa shape index (κ2) is 4.79. The first-order valence-electron chi connectivity index (χ1n) is 5.08. The Bertz CT molecular complexity index is 90.2. The molecule has 0 aromatic rings. The smallest absolute Gasteiger partial charge is 0.0326 e. The van der Waals surface area contributed by atoms with Crippen molar-refractivity contribution in [1.82, 2.24) is 0 Å². The van der Waals surface area contributed by atoms with E-state index in [-0.39, 0.29) is 0 Å². The molecule has 1 atom stereocenters. The van der Waals surface area contributed by atoms with Crippen molar-refractivity contribution in [3.8, 4) is 0 Å². The molecule has 0 radical (unpaired) electrons. The van der Waals surface area contributed by atoms with Gasteiger partial charge in [0, 0.05) is 0 Å². The lowest BCUT2D eigenvalue weighted by Crippen LogP contribution is -2.33. The van der Waals surface area contributed by atoms with Crippen molar-refractivity contribution in [2.45, 2.75) is 60.3 Å². The number of rotatable bonds is 1. The predicted octanol–water partition coefficient (Wildman–Crippen LogP) is 4.25. The molecule has 0 aliphatic heterocycles. The summed E-state index contributed by atoms with van der Waals surface area (Å²) < 4.78 is 0. The molecule has 0 nitrogen and oxygen atoms in total. The van der Waals surface area contributed by atoms with Crippen LogP contribution in [0, 0.1) is 11.3 Å². The Morgan fingerprint density at radius 1 is 1.18 bits per heavy atom. The highest BCUT2D eigenvalue weighted by Crippen LogP contribution is 2.47. The summed E-state index contributed by atoms with van der Waals surface area (Å²) >= 11 is 0. The van der Waals surface area contributed by atoms with Crippen molar-refractivity contribution < 1.29 is 0 Å². The van der Waals surface area contributed by atoms with E-state index >= 15 is 0 Å². The molecule has 0 heterocycles. The van der Waals surface area contributed by atoms with Crippen LogP contribution in [0.25, 0.3) is 0 Å². The van der Waals surface area contributed by atoms with Crippen molar-refractivity contribution in [2.75, 3.05) is 0 Å². The summed E-state index contributed by atoms with van der Waals surface area (Å²) in [4.78, 5) is 0. The van der Waals surface area contributed by atoms with E-state index in [0.717, 1.165) is 5.92 Å². The van der Waals surface area contributed by atoms with Crippen LogP contribution in [0.5, 0.6) is 0 Å². The third-order valence-corrected chi connectivity index (χ3v) is 2.74. The van der Waals surface area contributed by atoms with Crippen LogP contribution in [0.1, 0.15) is 60.3 Å². The maximum absolute atomic E-state index is 2.38. The third-order valence-electron chi connectivity index (χ3n) is 2.74. The molecule has 0 aromatic carbocycles. The van der Waals surface area contributed by atoms with E-state index in [1.807, 2.05) is 0 Å². The van der Waals surface area contributed by atoms with Crippen LogP contribution in [-0.4, -0.2) is 0 Å². The van der Waals surface area contributed by atoms with Crippen molar-refractivity contribution in [3.63, 3.8) is 0 Å². The lowest BCUT2D eigenvalue weighted by molar-refractivity contribution is 0.0691. The molecule has 11 heavy (non-hydrogen) atoms. The second-order valence-corrected chi connectivity index (χ2v) is 4.34. The molecule has 0 heteroatoms. The first-order valence-corrected chi connectivity index (χ1v) is 5.08. The van der Waals surface area contributed by atoms with Gasteiger partial charge in [-0.3, -0.25) is 0 Å². The van der Waals surface area contributed by atoms with Crippen LogP contribution in [0.2, 0.25) is 0 Å². The zero-order valence-electron chi connectivity index (χ0n) is 8.91. The fourth-order valence-corrected chi connectivity index (χ4v) is 1.68. The van der Waals surface area contributed by atoms with Crippen LogP contribution in [0.15, 0.2) is 0 Å². The monoisotopic (exact) mass is 156 g/mol. The number of hydrogen-bond acceptors (Lipinski definition) is 0. The van der Waals surface area contributed by atoms with E-state index in [4.69, 9.17) is 0 Å². The van der Waals surface area contributed by atoms with Gasteiger partial charge >= 0.3 is 0 Å². The molecular weight excluding hydrogens is 132 g/mol. The van der Waals surface area contributed by atoms with Crippen LogP contribution in [0.4, 0.5) is 0 Å². The Hall–Kier alpha value is 0. The molecule has 0 unspecified atom stereocenters. The quantitative estimate of drug-likeness (QED) is 0.532. The van der Waals surface area contributed by atoms with Crippen molar-refractivity contribution >= 4 is 0 Å². The van der Waals surface area contributed by atoms with E-state index in [2.05, 4.69) is 34.6 Å². The Labute approximate surface area is 72.4 Å². The fourth-order valence-electron chi connectivity index (χ4n) is 1.68. The van der Waals surface area contributed by atoms with Gasteiger partial charge in [-0.25, -0.2) is 0 Å². The SMILES string of the molecule is CCC.CC[C@H]1CCC1(C)C. The second-order valence-electron chi connectivity index (χ2n) is 4.34. The van der Waals surface area contributed by atoms with Gasteiger partial charge < -0.3 is 0 Å². The Morgan fingerprint density at radius 3 is 1.64 bits per heavy atom. The molecule has 1 aliphatic carbocycles. The zero-order valence-corrected chi connectivity index (χ0v) is 8.91. The van der Waals surface area contributed by atoms with E-state index in [1.165, 1.54) is 25.7 Å². The molecule has 1 saturated carbocycles. The molecule has 0 saturated heterocycles. The van der Waals surface area contributed by atoms with Crippen molar-refractivity contribution in [2.24, 2.45) is 11.3 Å². The summed E-state index contributed by atoms with van der Waals surface area (Å²) in [7, 11) is 0. The molecule has 1 aliphatic rings. The first-order chi connectivity index (χ1) is 5.08. The largest absolute Gasteiger partial charge is 0.0656 e. The summed E-state index contributed by atoms with van der Waals surface area (Å²) in [6, 6.07) is 0. The lowest BCUT2D eigenvalue weighted by atomic mass is 9.62. The summed E-state index contributed by atoms with van der Waals surface area (Å²) in [6.07, 6.45) is 5.56. The van der Waals surface area contributed by atoms with Gasteiger partial charge in [0.2, 0.25) is 0 Å². The maximum atomic E-state index is 2.38. The highest BCUT2D eigenvalue weighted by molar-refractivity contribution is 4.87. The van der Waals surface area contributed by atoms with E-state index in [1.54, 1.807) is 0 Å². The molecule has 0 aromatic heterocycles. The molecule has 0 amide bonds. The fraction of sp³-hybridized carbons (Fsp3) is 1.00. The Kier molecular flexibility index (Phi) is 4.79. The summed E-state index contributed by atoms with van der Waals surface area (Å²) in [5.41, 5.74) is 0.689. The summed E-state index contributed by atoms with van der Waals surface area (Å²) in [6.45, 7) is 11.3. The van der Waals surface area contributed by atoms with Crippen molar-refractivity contribution in [1.29, 1.82) is 0 Å². The van der Waals surface area contributed by atoms with Gasteiger partial charge in [-0.2, -0.15) is 0 Å². The number of hydrogen-bond donors (Lipinski definition) is 0. The van der Waals surface area contributed by atoms with Gasteiger partial charge in [-0.15, -0.1) is 0 Å². The minimum atomic E-state index is 0.689. The highest BCUT2D eigenvalue weighted by Gasteiger charge is 2.36. The lowest BCUT2D eigenvalue weighted by Gasteiger charge is -2.44. The molecule has 68 valence electrons. The summed E-state index contributed by atoms with van der Waals surface area (Å²) in [5.74, 6) is 1.03. The van der Waals surface area contributed by atoms with Gasteiger partial charge in [0.05, 0.1) is 0 Å². The molecule has 1 fully saturated rings. The Balaban J connectivity index is 0.000000292. The van der Waals surface area contributed by atoms with Crippen LogP contribution in [0.3, 0.4) is 0 Å². The molecular formula is C11H24. The normalized spacial score (nSPS) is 26.5. The first kappa shape index (κ1) is 11.0. The van der Waals surface area contributed by atoms with Gasteiger partial charge in [0.25, 0.3) is 0 Å². The van der Waals surface area contributed by atoms with Gasteiger partial charge in [0.1, 0.15) is 0 Å². The van der Waals surface area contributed by atoms with Crippen molar-refractivity contribution in [3.05, 3.63) is 0 Å². The Morgan fingerprint density at radius 2 is 1.64 bits per heavy atom. The summed E-state index contributed by atoms with van der Waals surface area (Å²) in [5, 5.41) is 0. The molecule has 0 N–H and O–H groups in total. The van der Waals surface area contributed by atoms with Gasteiger partial charge in [-0.05, 0) is 24.2 Å². The predicted molar refractivity (Wildman–Crippen MR) is 52.8 cm³/mol. The van der Waals surface area contributed by atoms with E-state index in [0.29, 0.717) is 5.41 Å². The van der Waals surface area contributed by atoms with E-state index in [9.17, 15) is 0 Å². The van der Waals surface area contributed by atoms with Crippen LogP contribution in [-0.2, 0) is 0 Å². The maximum Gasteiger partial charge on any atom is -0.0326 e. The van der Waals surface area contributed by atoms with Gasteiger partial charge in [-0.1, -0.05) is 47.5 Å². The standard InChI is InChI=1S/C8H16.C3H8/c1-4-7-5-6-8(7,2)3;1-3-2/h7H,4-6H2,1-3H3;3H2,1-2H3/t7-;/m0./s1. The third kappa shape index (κ3) is 3.27. The topological polar surface area (TPSA) is 0 Å².